The molecule has 0 aromatic carbocycles. The molecule has 0 aliphatic heterocycles. The van der Waals surface area contributed by atoms with Crippen LogP contribution in [-0.2, 0) is 6.54 Å². The normalized spacial score (nSPS) is 10.1. The minimum atomic E-state index is -0.115. The quantitative estimate of drug-likeness (QED) is 0.772. The highest BCUT2D eigenvalue weighted by atomic mass is 32.2. The molecule has 1 aromatic rings. The van der Waals surface area contributed by atoms with Gasteiger partial charge in [-0.15, -0.1) is 10.2 Å². The van der Waals surface area contributed by atoms with Crippen molar-refractivity contribution in [3.05, 3.63) is 6.33 Å². The van der Waals surface area contributed by atoms with Gasteiger partial charge in [-0.05, 0) is 6.42 Å². The summed E-state index contributed by atoms with van der Waals surface area (Å²) in [6.45, 7) is 2.98. The van der Waals surface area contributed by atoms with Crippen molar-refractivity contribution in [3.63, 3.8) is 0 Å². The number of aryl methyl sites for hydroxylation is 1. The summed E-state index contributed by atoms with van der Waals surface area (Å²) in [5.74, 6) is 0. The number of hydrogen-bond donors (Lipinski definition) is 1. The van der Waals surface area contributed by atoms with E-state index in [1.807, 2.05) is 4.57 Å². The maximum absolute atomic E-state index is 11.1. The maximum Gasteiger partial charge on any atom is 0.286 e. The van der Waals surface area contributed by atoms with Crippen LogP contribution in [0.15, 0.2) is 11.5 Å². The van der Waals surface area contributed by atoms with Crippen molar-refractivity contribution < 1.29 is 4.79 Å². The Balaban J connectivity index is 2.57. The third-order valence-corrected chi connectivity index (χ3v) is 2.61. The molecule has 0 unspecified atom stereocenters. The molecule has 1 amide bonds. The Kier molecular flexibility index (Phi) is 4.45. The molecule has 1 N–H and O–H groups in total. The molecule has 0 spiro atoms. The minimum Gasteiger partial charge on any atom is -0.350 e. The highest BCUT2D eigenvalue weighted by molar-refractivity contribution is 8.13. The smallest absolute Gasteiger partial charge is 0.286 e. The Hall–Kier alpha value is -1.04. The molecule has 0 saturated carbocycles. The summed E-state index contributed by atoms with van der Waals surface area (Å²) < 4.78 is 1.89. The number of carbonyl (C=O) groups excluding carboxylic acids is 1. The van der Waals surface area contributed by atoms with Gasteiger partial charge in [0.2, 0.25) is 0 Å². The van der Waals surface area contributed by atoms with E-state index in [1.54, 1.807) is 13.4 Å². The van der Waals surface area contributed by atoms with Gasteiger partial charge in [0.1, 0.15) is 6.33 Å². The molecule has 14 heavy (non-hydrogen) atoms. The van der Waals surface area contributed by atoms with Gasteiger partial charge in [0.05, 0.1) is 0 Å². The van der Waals surface area contributed by atoms with Crippen LogP contribution in [0, 0.1) is 0 Å². The van der Waals surface area contributed by atoms with Gasteiger partial charge < -0.3 is 9.88 Å². The van der Waals surface area contributed by atoms with Crippen LogP contribution >= 0.6 is 11.8 Å². The average molecular weight is 214 g/mol. The van der Waals surface area contributed by atoms with Crippen molar-refractivity contribution in [3.8, 4) is 0 Å². The van der Waals surface area contributed by atoms with E-state index >= 15 is 0 Å². The molecule has 0 bridgehead atoms. The molecule has 1 rings (SSSR count). The number of hydrogen-bond acceptors (Lipinski definition) is 4. The van der Waals surface area contributed by atoms with Gasteiger partial charge in [-0.25, -0.2) is 0 Å². The summed E-state index contributed by atoms with van der Waals surface area (Å²) in [6, 6.07) is 0. The SMILES string of the molecule is CCCCn1cnnc1SC(=O)NC. The first-order chi connectivity index (χ1) is 6.77. The third-order valence-electron chi connectivity index (χ3n) is 1.72. The van der Waals surface area contributed by atoms with Crippen LogP contribution in [0.25, 0.3) is 0 Å². The van der Waals surface area contributed by atoms with Crippen molar-refractivity contribution in [1.82, 2.24) is 20.1 Å². The second kappa shape index (κ2) is 5.64. The van der Waals surface area contributed by atoms with E-state index in [4.69, 9.17) is 0 Å². The molecule has 6 heteroatoms. The Morgan fingerprint density at radius 2 is 2.50 bits per heavy atom. The number of amides is 1. The van der Waals surface area contributed by atoms with Crippen LogP contribution in [0.1, 0.15) is 19.8 Å². The minimum absolute atomic E-state index is 0.115. The zero-order valence-electron chi connectivity index (χ0n) is 8.36. The van der Waals surface area contributed by atoms with Crippen LogP contribution in [0.4, 0.5) is 4.79 Å². The van der Waals surface area contributed by atoms with Gasteiger partial charge >= 0.3 is 0 Å². The van der Waals surface area contributed by atoms with E-state index in [2.05, 4.69) is 22.4 Å². The predicted octanol–water partition coefficient (Wildman–Crippen LogP) is 1.51. The first kappa shape index (κ1) is 11.0. The van der Waals surface area contributed by atoms with E-state index in [0.29, 0.717) is 5.16 Å². The topological polar surface area (TPSA) is 59.8 Å². The zero-order chi connectivity index (χ0) is 10.4. The Labute approximate surface area is 87.3 Å². The van der Waals surface area contributed by atoms with E-state index in [9.17, 15) is 4.79 Å². The molecular formula is C8H14N4OS. The second-order valence-corrected chi connectivity index (χ2v) is 3.74. The first-order valence-electron chi connectivity index (χ1n) is 4.55. The first-order valence-corrected chi connectivity index (χ1v) is 5.37. The molecule has 0 fully saturated rings. The number of nitrogens with zero attached hydrogens (tertiary/aromatic N) is 3. The van der Waals surface area contributed by atoms with Gasteiger partial charge in [0.15, 0.2) is 5.16 Å². The molecule has 1 aromatic heterocycles. The van der Waals surface area contributed by atoms with Gasteiger partial charge in [0, 0.05) is 25.4 Å². The van der Waals surface area contributed by atoms with Gasteiger partial charge in [-0.1, -0.05) is 13.3 Å². The van der Waals surface area contributed by atoms with Crippen molar-refractivity contribution in [2.45, 2.75) is 31.5 Å². The highest BCUT2D eigenvalue weighted by Crippen LogP contribution is 2.15. The van der Waals surface area contributed by atoms with Crippen molar-refractivity contribution >= 4 is 17.0 Å². The van der Waals surface area contributed by atoms with Crippen LogP contribution in [0.5, 0.6) is 0 Å². The molecule has 0 aliphatic carbocycles. The molecular weight excluding hydrogens is 200 g/mol. The lowest BCUT2D eigenvalue weighted by molar-refractivity contribution is 0.262. The van der Waals surface area contributed by atoms with Crippen LogP contribution < -0.4 is 5.32 Å². The van der Waals surface area contributed by atoms with Crippen LogP contribution in [0.2, 0.25) is 0 Å². The van der Waals surface area contributed by atoms with Crippen LogP contribution in [-0.4, -0.2) is 27.1 Å². The number of nitrogens with one attached hydrogen (secondary N) is 1. The van der Waals surface area contributed by atoms with Crippen molar-refractivity contribution in [2.24, 2.45) is 0 Å². The molecule has 5 nitrogen and oxygen atoms in total. The van der Waals surface area contributed by atoms with E-state index < -0.39 is 0 Å². The second-order valence-electron chi connectivity index (χ2n) is 2.80. The number of aromatic nitrogens is 3. The standard InChI is InChI=1S/C8H14N4OS/c1-3-4-5-12-6-10-11-7(12)14-8(13)9-2/h6H,3-5H2,1-2H3,(H,9,13). The molecule has 0 saturated heterocycles. The largest absolute Gasteiger partial charge is 0.350 e. The number of carbonyl (C=O) groups is 1. The lowest BCUT2D eigenvalue weighted by atomic mass is 10.3. The summed E-state index contributed by atoms with van der Waals surface area (Å²) >= 11 is 1.07. The molecule has 0 radical (unpaired) electrons. The predicted molar refractivity (Wildman–Crippen MR) is 55.2 cm³/mol. The van der Waals surface area contributed by atoms with Gasteiger partial charge in [-0.2, -0.15) is 0 Å². The maximum atomic E-state index is 11.1. The summed E-state index contributed by atoms with van der Waals surface area (Å²) in [4.78, 5) is 11.1. The summed E-state index contributed by atoms with van der Waals surface area (Å²) in [5, 5.41) is 10.7. The lowest BCUT2D eigenvalue weighted by Crippen LogP contribution is -2.12. The Bertz CT molecular complexity index is 299. The molecule has 0 aliphatic rings. The van der Waals surface area contributed by atoms with Crippen molar-refractivity contribution in [2.75, 3.05) is 7.05 Å². The summed E-state index contributed by atoms with van der Waals surface area (Å²) in [7, 11) is 1.60. The number of rotatable bonds is 4. The monoisotopic (exact) mass is 214 g/mol. The number of unbranched alkanes of at least 4 members (excludes halogenated alkanes) is 1. The van der Waals surface area contributed by atoms with Gasteiger partial charge in [-0.3, -0.25) is 4.79 Å². The fraction of sp³-hybridized carbons (Fsp3) is 0.625. The molecule has 78 valence electrons. The molecule has 1 heterocycles. The summed E-state index contributed by atoms with van der Waals surface area (Å²) in [6.07, 6.45) is 3.84. The Morgan fingerprint density at radius 3 is 3.14 bits per heavy atom. The number of thioether (sulfide) groups is 1. The zero-order valence-corrected chi connectivity index (χ0v) is 9.17. The van der Waals surface area contributed by atoms with E-state index in [1.165, 1.54) is 0 Å². The Morgan fingerprint density at radius 1 is 1.71 bits per heavy atom. The van der Waals surface area contributed by atoms with E-state index in [-0.39, 0.29) is 5.24 Å². The fourth-order valence-electron chi connectivity index (χ4n) is 0.939. The fourth-order valence-corrected chi connectivity index (χ4v) is 1.55. The third kappa shape index (κ3) is 3.02. The average Bonchev–Trinajstić information content (AvgIpc) is 2.62. The highest BCUT2D eigenvalue weighted by Gasteiger charge is 2.08. The van der Waals surface area contributed by atoms with Crippen LogP contribution in [0.3, 0.4) is 0 Å². The van der Waals surface area contributed by atoms with Gasteiger partial charge in [0.25, 0.3) is 5.24 Å². The molecule has 0 atom stereocenters. The van der Waals surface area contributed by atoms with Crippen molar-refractivity contribution in [1.29, 1.82) is 0 Å². The summed E-state index contributed by atoms with van der Waals surface area (Å²) in [5.41, 5.74) is 0. The van der Waals surface area contributed by atoms with E-state index in [0.717, 1.165) is 31.1 Å². The lowest BCUT2D eigenvalue weighted by Gasteiger charge is -2.03.